The van der Waals surface area contributed by atoms with Crippen LogP contribution in [-0.4, -0.2) is 76.5 Å². The Bertz CT molecular complexity index is 698. The molecule has 11 N–H and O–H groups in total. The number of nitrogens with one attached hydrogen (secondary N) is 3. The van der Waals surface area contributed by atoms with Gasteiger partial charge in [0, 0.05) is 6.42 Å². The maximum absolute atomic E-state index is 12.7. The van der Waals surface area contributed by atoms with Gasteiger partial charge in [-0.2, -0.15) is 0 Å². The lowest BCUT2D eigenvalue weighted by atomic mass is 10.0. The molecule has 0 aromatic rings. The van der Waals surface area contributed by atoms with E-state index in [1.54, 1.807) is 13.8 Å². The van der Waals surface area contributed by atoms with E-state index in [4.69, 9.17) is 27.4 Å². The van der Waals surface area contributed by atoms with Gasteiger partial charge < -0.3 is 43.4 Å². The van der Waals surface area contributed by atoms with Crippen LogP contribution in [0, 0.1) is 5.92 Å². The maximum Gasteiger partial charge on any atom is 0.328 e. The molecule has 0 aliphatic rings. The number of hydrogen-bond donors (Lipinski definition) is 8. The van der Waals surface area contributed by atoms with Crippen LogP contribution >= 0.6 is 0 Å². The number of amides is 5. The van der Waals surface area contributed by atoms with E-state index in [1.807, 2.05) is 5.32 Å². The van der Waals surface area contributed by atoms with Gasteiger partial charge in [0.25, 0.3) is 0 Å². The van der Waals surface area contributed by atoms with Crippen molar-refractivity contribution < 1.29 is 39.0 Å². The highest BCUT2D eigenvalue weighted by atomic mass is 16.4. The number of aliphatic carboxylic acids is 1. The second-order valence-electron chi connectivity index (χ2n) is 7.15. The molecule has 5 amide bonds. The fraction of sp³-hybridized carbons (Fsp3) is 0.647. The molecule has 0 heterocycles. The van der Waals surface area contributed by atoms with Crippen molar-refractivity contribution in [2.75, 3.05) is 6.61 Å². The summed E-state index contributed by atoms with van der Waals surface area (Å²) in [6.45, 7) is 2.41. The van der Waals surface area contributed by atoms with E-state index in [9.17, 15) is 28.8 Å². The molecule has 0 aromatic carbocycles. The van der Waals surface area contributed by atoms with Gasteiger partial charge in [0.2, 0.25) is 29.5 Å². The summed E-state index contributed by atoms with van der Waals surface area (Å²) in [5.74, 6) is -6.30. The first-order valence-electron chi connectivity index (χ1n) is 9.37. The van der Waals surface area contributed by atoms with Crippen LogP contribution in [-0.2, 0) is 28.8 Å². The molecule has 31 heavy (non-hydrogen) atoms. The summed E-state index contributed by atoms with van der Waals surface area (Å²) >= 11 is 0. The Morgan fingerprint density at radius 2 is 1.29 bits per heavy atom. The van der Waals surface area contributed by atoms with Crippen LogP contribution in [0.2, 0.25) is 0 Å². The van der Waals surface area contributed by atoms with Crippen LogP contribution in [0.3, 0.4) is 0 Å². The monoisotopic (exact) mass is 446 g/mol. The number of aliphatic hydroxyl groups is 1. The molecule has 0 aromatic heterocycles. The van der Waals surface area contributed by atoms with E-state index in [-0.39, 0.29) is 18.8 Å². The fourth-order valence-electron chi connectivity index (χ4n) is 2.27. The van der Waals surface area contributed by atoms with Crippen LogP contribution in [0.1, 0.15) is 33.1 Å². The Kier molecular flexibility index (Phi) is 11.7. The third kappa shape index (κ3) is 10.4. The van der Waals surface area contributed by atoms with E-state index in [2.05, 4.69) is 10.6 Å². The normalized spacial score (nSPS) is 14.6. The number of carbonyl (C=O) groups excluding carboxylic acids is 5. The summed E-state index contributed by atoms with van der Waals surface area (Å²) in [5.41, 5.74) is 15.9. The van der Waals surface area contributed by atoms with Gasteiger partial charge in [-0.15, -0.1) is 0 Å². The van der Waals surface area contributed by atoms with E-state index < -0.39 is 72.7 Å². The number of primary amides is 2. The molecule has 0 rings (SSSR count). The zero-order chi connectivity index (χ0) is 24.3. The van der Waals surface area contributed by atoms with E-state index in [0.29, 0.717) is 0 Å². The Morgan fingerprint density at radius 3 is 1.71 bits per heavy atom. The first kappa shape index (κ1) is 27.7. The van der Waals surface area contributed by atoms with Crippen LogP contribution in [0.4, 0.5) is 0 Å². The first-order valence-corrected chi connectivity index (χ1v) is 9.37. The summed E-state index contributed by atoms with van der Waals surface area (Å²) in [7, 11) is 0. The topological polar surface area (TPSA) is 257 Å². The Hall–Kier alpha value is -3.26. The van der Waals surface area contributed by atoms with Crippen LogP contribution in [0.5, 0.6) is 0 Å². The van der Waals surface area contributed by atoms with Gasteiger partial charge in [-0.05, 0) is 12.3 Å². The minimum absolute atomic E-state index is 0.225. The zero-order valence-corrected chi connectivity index (χ0v) is 17.3. The average Bonchev–Trinajstić information content (AvgIpc) is 2.66. The molecular weight excluding hydrogens is 416 g/mol. The number of carboxylic acid groups (broad SMARTS) is 1. The minimum atomic E-state index is -1.69. The van der Waals surface area contributed by atoms with E-state index in [1.165, 1.54) is 0 Å². The molecular formula is C17H30N6O8. The Morgan fingerprint density at radius 1 is 0.806 bits per heavy atom. The van der Waals surface area contributed by atoms with E-state index >= 15 is 0 Å². The van der Waals surface area contributed by atoms with Crippen LogP contribution in [0.25, 0.3) is 0 Å². The zero-order valence-electron chi connectivity index (χ0n) is 17.3. The van der Waals surface area contributed by atoms with Crippen molar-refractivity contribution in [3.05, 3.63) is 0 Å². The number of carbonyl (C=O) groups is 6. The highest BCUT2D eigenvalue weighted by Crippen LogP contribution is 2.04. The van der Waals surface area contributed by atoms with Gasteiger partial charge in [-0.25, -0.2) is 4.79 Å². The van der Waals surface area contributed by atoms with Crippen molar-refractivity contribution in [2.45, 2.75) is 57.3 Å². The molecule has 0 radical (unpaired) electrons. The van der Waals surface area contributed by atoms with Gasteiger partial charge >= 0.3 is 5.97 Å². The molecule has 4 atom stereocenters. The summed E-state index contributed by atoms with van der Waals surface area (Å²) in [4.78, 5) is 70.5. The SMILES string of the molecule is CC(C)C(N)C(=O)NC(CCC(N)=O)C(=O)NC(CC(N)=O)C(=O)NC(CO)C(=O)O. The van der Waals surface area contributed by atoms with Gasteiger partial charge in [-0.3, -0.25) is 24.0 Å². The highest BCUT2D eigenvalue weighted by molar-refractivity contribution is 5.96. The average molecular weight is 446 g/mol. The van der Waals surface area contributed by atoms with E-state index in [0.717, 1.165) is 0 Å². The van der Waals surface area contributed by atoms with Gasteiger partial charge in [0.1, 0.15) is 18.1 Å². The number of rotatable bonds is 14. The standard InChI is InChI=1S/C17H30N6O8/c1-7(2)13(20)16(29)21-8(3-4-11(18)25)14(27)22-9(5-12(19)26)15(28)23-10(6-24)17(30)31/h7-10,13,24H,3-6,20H2,1-2H3,(H2,18,25)(H2,19,26)(H,21,29)(H,22,27)(H,23,28)(H,30,31). The lowest BCUT2D eigenvalue weighted by molar-refractivity contribution is -0.143. The predicted octanol–water partition coefficient (Wildman–Crippen LogP) is -4.36. The van der Waals surface area contributed by atoms with Crippen molar-refractivity contribution in [1.29, 1.82) is 0 Å². The number of aliphatic hydroxyl groups excluding tert-OH is 1. The summed E-state index contributed by atoms with van der Waals surface area (Å²) in [5, 5.41) is 24.4. The number of hydrogen-bond acceptors (Lipinski definition) is 8. The van der Waals surface area contributed by atoms with Crippen LogP contribution in [0.15, 0.2) is 0 Å². The summed E-state index contributed by atoms with van der Waals surface area (Å²) in [6, 6.07) is -5.59. The molecule has 14 nitrogen and oxygen atoms in total. The van der Waals surface area contributed by atoms with Crippen molar-refractivity contribution >= 4 is 35.5 Å². The van der Waals surface area contributed by atoms with Gasteiger partial charge in [-0.1, -0.05) is 13.8 Å². The first-order chi connectivity index (χ1) is 14.3. The minimum Gasteiger partial charge on any atom is -0.480 e. The van der Waals surface area contributed by atoms with Crippen molar-refractivity contribution in [2.24, 2.45) is 23.1 Å². The second kappa shape index (κ2) is 13.1. The summed E-state index contributed by atoms with van der Waals surface area (Å²) < 4.78 is 0. The maximum atomic E-state index is 12.7. The molecule has 0 aliphatic heterocycles. The van der Waals surface area contributed by atoms with Gasteiger partial charge in [0.15, 0.2) is 0 Å². The third-order valence-corrected chi connectivity index (χ3v) is 4.17. The molecule has 0 aliphatic carbocycles. The molecule has 0 saturated carbocycles. The van der Waals surface area contributed by atoms with Crippen molar-refractivity contribution in [3.63, 3.8) is 0 Å². The second-order valence-corrected chi connectivity index (χ2v) is 7.15. The van der Waals surface area contributed by atoms with Crippen molar-refractivity contribution in [1.82, 2.24) is 16.0 Å². The Labute approximate surface area is 178 Å². The number of carboxylic acids is 1. The molecule has 0 spiro atoms. The lowest BCUT2D eigenvalue weighted by Crippen LogP contribution is -2.58. The smallest absolute Gasteiger partial charge is 0.328 e. The fourth-order valence-corrected chi connectivity index (χ4v) is 2.27. The predicted molar refractivity (Wildman–Crippen MR) is 106 cm³/mol. The molecule has 14 heteroatoms. The molecule has 4 unspecified atom stereocenters. The summed E-state index contributed by atoms with van der Waals surface area (Å²) in [6.07, 6.45) is -1.21. The van der Waals surface area contributed by atoms with Gasteiger partial charge in [0.05, 0.1) is 19.1 Å². The quantitative estimate of drug-likeness (QED) is 0.128. The third-order valence-electron chi connectivity index (χ3n) is 4.17. The molecule has 176 valence electrons. The van der Waals surface area contributed by atoms with Crippen molar-refractivity contribution in [3.8, 4) is 0 Å². The molecule has 0 saturated heterocycles. The lowest BCUT2D eigenvalue weighted by Gasteiger charge is -2.25. The number of nitrogens with two attached hydrogens (primary N) is 3. The highest BCUT2D eigenvalue weighted by Gasteiger charge is 2.31. The largest absolute Gasteiger partial charge is 0.480 e. The van der Waals surface area contributed by atoms with Crippen LogP contribution < -0.4 is 33.2 Å². The molecule has 0 fully saturated rings. The molecule has 0 bridgehead atoms. The Balaban J connectivity index is 5.51.